The molecule has 1 amide bonds. The Labute approximate surface area is 83.3 Å². The number of hydrogen-bond donors (Lipinski definition) is 2. The van der Waals surface area contributed by atoms with Crippen molar-refractivity contribution in [3.63, 3.8) is 0 Å². The number of carboxylic acid groups (broad SMARTS) is 1. The molecule has 0 aliphatic carbocycles. The quantitative estimate of drug-likeness (QED) is 0.648. The van der Waals surface area contributed by atoms with Crippen LogP contribution in [0.4, 0.5) is 0 Å². The first-order valence-electron chi connectivity index (χ1n) is 4.21. The Morgan fingerprint density at radius 3 is 2.50 bits per heavy atom. The zero-order chi connectivity index (χ0) is 11.2. The van der Waals surface area contributed by atoms with Crippen LogP contribution in [0.1, 0.15) is 20.3 Å². The van der Waals surface area contributed by atoms with E-state index in [-0.39, 0.29) is 5.91 Å². The number of nitrogens with one attached hydrogen (secondary N) is 1. The molecule has 0 saturated carbocycles. The topological polar surface area (TPSA) is 66.4 Å². The summed E-state index contributed by atoms with van der Waals surface area (Å²) in [6.45, 7) is 6.94. The van der Waals surface area contributed by atoms with Crippen molar-refractivity contribution in [1.29, 1.82) is 0 Å². The van der Waals surface area contributed by atoms with Crippen molar-refractivity contribution in [2.75, 3.05) is 0 Å². The first kappa shape index (κ1) is 12.4. The predicted molar refractivity (Wildman–Crippen MR) is 53.8 cm³/mol. The van der Waals surface area contributed by atoms with Crippen LogP contribution in [0, 0.1) is 0 Å². The van der Waals surface area contributed by atoms with Crippen LogP contribution in [-0.2, 0) is 9.59 Å². The molecule has 0 atom stereocenters. The van der Waals surface area contributed by atoms with Gasteiger partial charge in [0.2, 0.25) is 5.91 Å². The van der Waals surface area contributed by atoms with Crippen molar-refractivity contribution in [3.05, 3.63) is 24.8 Å². The van der Waals surface area contributed by atoms with Gasteiger partial charge in [-0.3, -0.25) is 4.79 Å². The van der Waals surface area contributed by atoms with Crippen molar-refractivity contribution in [2.24, 2.45) is 0 Å². The van der Waals surface area contributed by atoms with Crippen LogP contribution in [0.5, 0.6) is 0 Å². The highest BCUT2D eigenvalue weighted by Gasteiger charge is 2.16. The SMILES string of the molecule is C=CC(=O)NC(C)(C)CC=CC(=O)O. The lowest BCUT2D eigenvalue weighted by atomic mass is 10.0. The summed E-state index contributed by atoms with van der Waals surface area (Å²) in [5.74, 6) is -1.26. The molecule has 0 aromatic carbocycles. The van der Waals surface area contributed by atoms with Crippen LogP contribution in [0.3, 0.4) is 0 Å². The fraction of sp³-hybridized carbons (Fsp3) is 0.400. The second-order valence-electron chi connectivity index (χ2n) is 3.52. The van der Waals surface area contributed by atoms with Gasteiger partial charge in [0, 0.05) is 11.6 Å². The maximum atomic E-state index is 11.0. The Morgan fingerprint density at radius 1 is 1.50 bits per heavy atom. The number of carboxylic acids is 1. The van der Waals surface area contributed by atoms with Gasteiger partial charge in [0.05, 0.1) is 0 Å². The van der Waals surface area contributed by atoms with Gasteiger partial charge in [-0.15, -0.1) is 0 Å². The molecule has 0 aliphatic heterocycles. The lowest BCUT2D eigenvalue weighted by Crippen LogP contribution is -2.42. The minimum absolute atomic E-state index is 0.265. The zero-order valence-electron chi connectivity index (χ0n) is 8.41. The zero-order valence-corrected chi connectivity index (χ0v) is 8.41. The van der Waals surface area contributed by atoms with E-state index in [9.17, 15) is 9.59 Å². The van der Waals surface area contributed by atoms with Gasteiger partial charge in [-0.05, 0) is 26.3 Å². The second-order valence-corrected chi connectivity index (χ2v) is 3.52. The Bertz CT molecular complexity index is 267. The summed E-state index contributed by atoms with van der Waals surface area (Å²) < 4.78 is 0. The first-order valence-corrected chi connectivity index (χ1v) is 4.21. The monoisotopic (exact) mass is 197 g/mol. The van der Waals surface area contributed by atoms with Gasteiger partial charge in [0.15, 0.2) is 0 Å². The van der Waals surface area contributed by atoms with E-state index in [2.05, 4.69) is 11.9 Å². The summed E-state index contributed by atoms with van der Waals surface area (Å²) in [4.78, 5) is 21.1. The lowest BCUT2D eigenvalue weighted by Gasteiger charge is -2.23. The molecule has 0 spiro atoms. The van der Waals surface area contributed by atoms with Crippen LogP contribution in [0.15, 0.2) is 24.8 Å². The smallest absolute Gasteiger partial charge is 0.327 e. The highest BCUT2D eigenvalue weighted by Crippen LogP contribution is 2.08. The summed E-state index contributed by atoms with van der Waals surface area (Å²) in [7, 11) is 0. The van der Waals surface area contributed by atoms with Gasteiger partial charge in [-0.1, -0.05) is 12.7 Å². The van der Waals surface area contributed by atoms with Crippen LogP contribution >= 0.6 is 0 Å². The molecule has 0 aromatic heterocycles. The number of rotatable bonds is 5. The molecule has 0 bridgehead atoms. The molecular formula is C10H15NO3. The molecular weight excluding hydrogens is 182 g/mol. The van der Waals surface area contributed by atoms with Gasteiger partial charge in [-0.25, -0.2) is 4.79 Å². The number of hydrogen-bond acceptors (Lipinski definition) is 2. The van der Waals surface area contributed by atoms with Crippen LogP contribution < -0.4 is 5.32 Å². The fourth-order valence-corrected chi connectivity index (χ4v) is 0.890. The van der Waals surface area contributed by atoms with E-state index >= 15 is 0 Å². The van der Waals surface area contributed by atoms with Crippen LogP contribution in [0.2, 0.25) is 0 Å². The van der Waals surface area contributed by atoms with Gasteiger partial charge in [0.1, 0.15) is 0 Å². The van der Waals surface area contributed by atoms with Crippen molar-refractivity contribution < 1.29 is 14.7 Å². The van der Waals surface area contributed by atoms with E-state index in [4.69, 9.17) is 5.11 Å². The standard InChI is InChI=1S/C10H15NO3/c1-4-8(12)11-10(2,3)7-5-6-9(13)14/h4-6H,1,7H2,2-3H3,(H,11,12)(H,13,14). The molecule has 4 nitrogen and oxygen atoms in total. The van der Waals surface area contributed by atoms with Crippen LogP contribution in [-0.4, -0.2) is 22.5 Å². The minimum Gasteiger partial charge on any atom is -0.478 e. The largest absolute Gasteiger partial charge is 0.478 e. The normalized spacial score (nSPS) is 11.3. The van der Waals surface area contributed by atoms with E-state index < -0.39 is 11.5 Å². The molecule has 0 saturated heterocycles. The average Bonchev–Trinajstić information content (AvgIpc) is 2.02. The first-order chi connectivity index (χ1) is 6.37. The van der Waals surface area contributed by atoms with Gasteiger partial charge < -0.3 is 10.4 Å². The second kappa shape index (κ2) is 5.21. The Morgan fingerprint density at radius 2 is 2.07 bits per heavy atom. The molecule has 0 radical (unpaired) electrons. The molecule has 0 fully saturated rings. The number of carbonyl (C=O) groups is 2. The lowest BCUT2D eigenvalue weighted by molar-refractivity contribution is -0.131. The van der Waals surface area contributed by atoms with Crippen molar-refractivity contribution in [1.82, 2.24) is 5.32 Å². The molecule has 0 heterocycles. The molecule has 0 aliphatic rings. The number of aliphatic carboxylic acids is 1. The van der Waals surface area contributed by atoms with E-state index in [0.29, 0.717) is 6.42 Å². The Kier molecular flexibility index (Phi) is 4.63. The number of carbonyl (C=O) groups excluding carboxylic acids is 1. The maximum Gasteiger partial charge on any atom is 0.327 e. The van der Waals surface area contributed by atoms with E-state index in [1.165, 1.54) is 12.2 Å². The third-order valence-corrected chi connectivity index (χ3v) is 1.54. The molecule has 14 heavy (non-hydrogen) atoms. The molecule has 4 heteroatoms. The highest BCUT2D eigenvalue weighted by atomic mass is 16.4. The van der Waals surface area contributed by atoms with Crippen molar-refractivity contribution in [2.45, 2.75) is 25.8 Å². The molecule has 0 rings (SSSR count). The summed E-state index contributed by atoms with van der Waals surface area (Å²) in [6.07, 6.45) is 4.20. The van der Waals surface area contributed by atoms with Gasteiger partial charge in [0.25, 0.3) is 0 Å². The van der Waals surface area contributed by atoms with E-state index in [0.717, 1.165) is 6.08 Å². The average molecular weight is 197 g/mol. The highest BCUT2D eigenvalue weighted by molar-refractivity contribution is 5.87. The summed E-state index contributed by atoms with van der Waals surface area (Å²) in [5.41, 5.74) is -0.461. The molecule has 78 valence electrons. The maximum absolute atomic E-state index is 11.0. The molecule has 2 N–H and O–H groups in total. The van der Waals surface area contributed by atoms with Gasteiger partial charge in [-0.2, -0.15) is 0 Å². The van der Waals surface area contributed by atoms with Crippen LogP contribution in [0.25, 0.3) is 0 Å². The Hall–Kier alpha value is -1.58. The third-order valence-electron chi connectivity index (χ3n) is 1.54. The van der Waals surface area contributed by atoms with Crippen molar-refractivity contribution >= 4 is 11.9 Å². The van der Waals surface area contributed by atoms with Gasteiger partial charge >= 0.3 is 5.97 Å². The summed E-state index contributed by atoms with van der Waals surface area (Å²) in [5, 5.41) is 11.0. The Balaban J connectivity index is 4.13. The fourth-order valence-electron chi connectivity index (χ4n) is 0.890. The number of amides is 1. The minimum atomic E-state index is -0.990. The summed E-state index contributed by atoms with van der Waals surface area (Å²) in [6, 6.07) is 0. The predicted octanol–water partition coefficient (Wildman–Crippen LogP) is 1.10. The van der Waals surface area contributed by atoms with E-state index in [1.54, 1.807) is 13.8 Å². The van der Waals surface area contributed by atoms with Crippen molar-refractivity contribution in [3.8, 4) is 0 Å². The van der Waals surface area contributed by atoms with E-state index in [1.807, 2.05) is 0 Å². The summed E-state index contributed by atoms with van der Waals surface area (Å²) >= 11 is 0. The third kappa shape index (κ3) is 5.99. The molecule has 0 unspecified atom stereocenters. The molecule has 0 aromatic rings.